The molecule has 0 unspecified atom stereocenters. The lowest BCUT2D eigenvalue weighted by Gasteiger charge is -2.23. The molecule has 0 saturated heterocycles. The van der Waals surface area contributed by atoms with Gasteiger partial charge < -0.3 is 77.0 Å². The van der Waals surface area contributed by atoms with Gasteiger partial charge in [0, 0.05) is 50.6 Å². The number of nitrogens with one attached hydrogen (secondary N) is 1. The van der Waals surface area contributed by atoms with Crippen molar-refractivity contribution in [1.29, 1.82) is 0 Å². The molecule has 0 fully saturated rings. The number of aryl methyl sites for hydroxylation is 1. The molecule has 0 spiro atoms. The van der Waals surface area contributed by atoms with Gasteiger partial charge in [0.2, 0.25) is 11.8 Å². The van der Waals surface area contributed by atoms with E-state index in [0.717, 1.165) is 22.0 Å². The maximum absolute atomic E-state index is 13.4. The van der Waals surface area contributed by atoms with E-state index in [0.29, 0.717) is 39.0 Å². The average molecular weight is 660 g/mol. The smallest absolute Gasteiger partial charge is 0.237 e. The van der Waals surface area contributed by atoms with Crippen LogP contribution in [0.3, 0.4) is 0 Å². The number of ketones is 1. The Morgan fingerprint density at radius 1 is 0.833 bits per heavy atom. The van der Waals surface area contributed by atoms with Crippen LogP contribution >= 0.6 is 0 Å². The van der Waals surface area contributed by atoms with E-state index in [1.54, 1.807) is 11.1 Å². The van der Waals surface area contributed by atoms with E-state index in [1.807, 2.05) is 60.7 Å². The fraction of sp³-hybridized carbons (Fsp3) is 0.379. The zero-order valence-electron chi connectivity index (χ0n) is 23.2. The van der Waals surface area contributed by atoms with Gasteiger partial charge in [0.15, 0.2) is 5.78 Å². The Morgan fingerprint density at radius 2 is 1.45 bits per heavy atom. The van der Waals surface area contributed by atoms with Gasteiger partial charge in [0.05, 0.1) is 17.6 Å². The fourth-order valence-electron chi connectivity index (χ4n) is 4.33. The molecule has 2 amide bonds. The summed E-state index contributed by atoms with van der Waals surface area (Å²) in [6, 6.07) is 17.8. The Kier molecular flexibility index (Phi) is 21.9. The van der Waals surface area contributed by atoms with Crippen molar-refractivity contribution >= 4 is 28.5 Å². The third kappa shape index (κ3) is 13.2. The number of benzene rings is 2. The Bertz CT molecular complexity index is 1220. The molecule has 42 heavy (non-hydrogen) atoms. The summed E-state index contributed by atoms with van der Waals surface area (Å²) in [5.41, 5.74) is 20.0. The van der Waals surface area contributed by atoms with Crippen molar-refractivity contribution in [2.75, 3.05) is 26.2 Å². The van der Waals surface area contributed by atoms with E-state index in [4.69, 9.17) is 17.2 Å². The van der Waals surface area contributed by atoms with Crippen LogP contribution in [0.25, 0.3) is 10.9 Å². The lowest BCUT2D eigenvalue weighted by atomic mass is 9.97. The average Bonchev–Trinajstić information content (AvgIpc) is 2.93. The number of rotatable bonds is 15. The number of carbonyl (C=O) groups excluding carboxylic acids is 3. The Hall–Kier alpha value is -2.50. The van der Waals surface area contributed by atoms with Gasteiger partial charge in [-0.25, -0.2) is 0 Å². The predicted molar refractivity (Wildman–Crippen MR) is 149 cm³/mol. The lowest BCUT2D eigenvalue weighted by molar-refractivity contribution is -0.132. The van der Waals surface area contributed by atoms with Crippen LogP contribution in [-0.4, -0.2) is 65.7 Å². The molecule has 1 heterocycles. The molecule has 0 aliphatic carbocycles. The lowest BCUT2D eigenvalue weighted by Crippen LogP contribution is -3.00. The monoisotopic (exact) mass is 658 g/mol. The van der Waals surface area contributed by atoms with Gasteiger partial charge in [-0.15, -0.1) is 0 Å². The zero-order chi connectivity index (χ0) is 27.3. The Balaban J connectivity index is 0. The number of amides is 2. The Labute approximate surface area is 272 Å². The summed E-state index contributed by atoms with van der Waals surface area (Å²) in [6.45, 7) is 1.46. The third-order valence-corrected chi connectivity index (χ3v) is 6.45. The van der Waals surface area contributed by atoms with E-state index in [-0.39, 0.29) is 80.6 Å². The highest BCUT2D eigenvalue weighted by atomic mass is 35.5. The van der Waals surface area contributed by atoms with Crippen LogP contribution in [-0.2, 0) is 27.2 Å². The normalized spacial score (nSPS) is 11.4. The first-order chi connectivity index (χ1) is 18.4. The number of para-hydroxylation sites is 1. The van der Waals surface area contributed by atoms with Gasteiger partial charge in [0.25, 0.3) is 0 Å². The highest BCUT2D eigenvalue weighted by Gasteiger charge is 2.25. The number of pyridine rings is 1. The van der Waals surface area contributed by atoms with E-state index in [9.17, 15) is 14.4 Å². The quantitative estimate of drug-likeness (QED) is 0.126. The maximum Gasteiger partial charge on any atom is 0.237 e. The molecule has 0 saturated carbocycles. The molecule has 0 bridgehead atoms. The van der Waals surface area contributed by atoms with E-state index >= 15 is 0 Å². The summed E-state index contributed by atoms with van der Waals surface area (Å²) in [5.74, 6) is -0.721. The first-order valence-corrected chi connectivity index (χ1v) is 13.1. The first kappa shape index (κ1) is 41.6. The van der Waals surface area contributed by atoms with E-state index in [1.165, 1.54) is 0 Å². The fourth-order valence-corrected chi connectivity index (χ4v) is 4.33. The van der Waals surface area contributed by atoms with Crippen LogP contribution in [0.2, 0.25) is 0 Å². The minimum atomic E-state index is -0.925. The zero-order valence-corrected chi connectivity index (χ0v) is 26.3. The number of hydrogen-bond donors (Lipinski definition) is 4. The van der Waals surface area contributed by atoms with Crippen molar-refractivity contribution in [2.24, 2.45) is 17.2 Å². The maximum atomic E-state index is 13.4. The van der Waals surface area contributed by atoms with Crippen molar-refractivity contribution in [2.45, 2.75) is 44.2 Å². The molecule has 3 rings (SSSR count). The molecule has 0 aliphatic heterocycles. The molecule has 0 radical (unpaired) electrons. The molecule has 9 nitrogen and oxygen atoms in total. The van der Waals surface area contributed by atoms with Gasteiger partial charge in [-0.2, -0.15) is 0 Å². The molecular weight excluding hydrogens is 622 g/mol. The number of fused-ring (bicyclic) bond motifs is 1. The van der Waals surface area contributed by atoms with Crippen LogP contribution in [0.5, 0.6) is 0 Å². The summed E-state index contributed by atoms with van der Waals surface area (Å²) in [5, 5.41) is 3.80. The molecule has 2 aromatic carbocycles. The summed E-state index contributed by atoms with van der Waals surface area (Å²) >= 11 is 0. The SMILES string of the molecule is NCCN(CCN)C(=O)CC[C@H](N)C(=O)N[C@H](CCc1ccccc1)C(=O)Cc1cnc2ccccc2c1.[Cl-].[Cl-].[Cl-].[Cl-]. The van der Waals surface area contributed by atoms with Gasteiger partial charge in [0.1, 0.15) is 0 Å². The van der Waals surface area contributed by atoms with Crippen molar-refractivity contribution in [1.82, 2.24) is 15.2 Å². The van der Waals surface area contributed by atoms with Gasteiger partial charge in [-0.1, -0.05) is 48.5 Å². The van der Waals surface area contributed by atoms with Gasteiger partial charge in [-0.3, -0.25) is 19.4 Å². The molecule has 0 aliphatic rings. The van der Waals surface area contributed by atoms with Gasteiger partial charge >= 0.3 is 0 Å². The molecule has 234 valence electrons. The molecular formula is C29H38Cl4N6O3-4. The number of nitrogens with zero attached hydrogens (tertiary/aromatic N) is 2. The standard InChI is InChI=1S/C29H38N6O3.4ClH/c30-14-16-35(17-15-31)28(37)13-11-24(32)29(38)34-26(12-10-21-6-2-1-3-7-21)27(36)19-22-18-23-8-4-5-9-25(23)33-20-22;;;;/h1-9,18,20,24,26H,10-17,19,30-32H2,(H,34,38);4*1H/p-4/t24-,26+;;;;/m0..../s1. The number of halogens is 4. The van der Waals surface area contributed by atoms with Crippen LogP contribution in [0.15, 0.2) is 66.9 Å². The number of nitrogens with two attached hydrogens (primary N) is 3. The highest BCUT2D eigenvalue weighted by Crippen LogP contribution is 2.15. The van der Waals surface area contributed by atoms with E-state index < -0.39 is 18.0 Å². The third-order valence-electron chi connectivity index (χ3n) is 6.45. The van der Waals surface area contributed by atoms with Crippen LogP contribution in [0.1, 0.15) is 30.4 Å². The Morgan fingerprint density at radius 3 is 2.10 bits per heavy atom. The van der Waals surface area contributed by atoms with Crippen molar-refractivity contribution < 1.29 is 64.0 Å². The molecule has 3 aromatic rings. The largest absolute Gasteiger partial charge is 1.00 e. The second-order valence-corrected chi connectivity index (χ2v) is 9.37. The minimum Gasteiger partial charge on any atom is -1.00 e. The van der Waals surface area contributed by atoms with Crippen molar-refractivity contribution in [3.05, 3.63) is 78.0 Å². The number of aromatic nitrogens is 1. The van der Waals surface area contributed by atoms with Crippen LogP contribution in [0.4, 0.5) is 0 Å². The molecule has 7 N–H and O–H groups in total. The topological polar surface area (TPSA) is 157 Å². The number of hydrogen-bond acceptors (Lipinski definition) is 7. The van der Waals surface area contributed by atoms with Crippen molar-refractivity contribution in [3.8, 4) is 0 Å². The molecule has 13 heteroatoms. The summed E-state index contributed by atoms with van der Waals surface area (Å²) < 4.78 is 0. The second-order valence-electron chi connectivity index (χ2n) is 9.37. The summed E-state index contributed by atoms with van der Waals surface area (Å²) in [6.07, 6.45) is 3.14. The molecule has 1 aromatic heterocycles. The second kappa shape index (κ2) is 22.1. The van der Waals surface area contributed by atoms with Crippen LogP contribution in [0, 0.1) is 0 Å². The van der Waals surface area contributed by atoms with Gasteiger partial charge in [-0.05, 0) is 42.5 Å². The van der Waals surface area contributed by atoms with E-state index in [2.05, 4.69) is 10.3 Å². The summed E-state index contributed by atoms with van der Waals surface area (Å²) in [7, 11) is 0. The molecule has 2 atom stereocenters. The van der Waals surface area contributed by atoms with Crippen molar-refractivity contribution in [3.63, 3.8) is 0 Å². The number of Topliss-reactive ketones (excluding diaryl/α,β-unsaturated/α-hetero) is 1. The summed E-state index contributed by atoms with van der Waals surface area (Å²) in [4.78, 5) is 44.9. The highest BCUT2D eigenvalue weighted by molar-refractivity contribution is 5.92. The number of carbonyl (C=O) groups is 3. The van der Waals surface area contributed by atoms with Crippen LogP contribution < -0.4 is 72.1 Å². The predicted octanol–water partition coefficient (Wildman–Crippen LogP) is -10.7. The first-order valence-electron chi connectivity index (χ1n) is 13.1. The minimum absolute atomic E-state index is 0.